The highest BCUT2D eigenvalue weighted by molar-refractivity contribution is 5.93. The minimum Gasteiger partial charge on any atom is -0.481 e. The monoisotopic (exact) mass is 347 g/mol. The van der Waals surface area contributed by atoms with E-state index in [0.29, 0.717) is 12.1 Å². The van der Waals surface area contributed by atoms with Crippen LogP contribution in [0.25, 0.3) is 0 Å². The van der Waals surface area contributed by atoms with E-state index in [1.54, 1.807) is 26.0 Å². The molecule has 2 N–H and O–H groups in total. The van der Waals surface area contributed by atoms with E-state index in [1.807, 2.05) is 12.1 Å². The first-order valence-electron chi connectivity index (χ1n) is 9.23. The number of carboxylic acids is 1. The Balaban J connectivity index is 1.83. The Morgan fingerprint density at radius 1 is 1.12 bits per heavy atom. The lowest BCUT2D eigenvalue weighted by atomic mass is 10.0. The standard InChI is InChI=1S/C20H29NO4/c1-14(20(23)24)13-16-9-11-17(12-10-16)21-19(22)15(2)25-18-7-5-3-4-6-8-18/h9-12,14-15,18H,3-8,13H2,1-2H3,(H,21,22)(H,23,24). The Labute approximate surface area is 149 Å². The van der Waals surface area contributed by atoms with Gasteiger partial charge in [0, 0.05) is 5.69 Å². The van der Waals surface area contributed by atoms with Crippen LogP contribution < -0.4 is 5.32 Å². The smallest absolute Gasteiger partial charge is 0.306 e. The van der Waals surface area contributed by atoms with E-state index in [4.69, 9.17) is 9.84 Å². The normalized spacial score (nSPS) is 18.2. The molecule has 0 radical (unpaired) electrons. The van der Waals surface area contributed by atoms with Crippen LogP contribution in [0.4, 0.5) is 5.69 Å². The van der Waals surface area contributed by atoms with Crippen LogP contribution in [0, 0.1) is 5.92 Å². The largest absolute Gasteiger partial charge is 0.481 e. The van der Waals surface area contributed by atoms with Crippen molar-refractivity contribution < 1.29 is 19.4 Å². The molecule has 138 valence electrons. The van der Waals surface area contributed by atoms with Gasteiger partial charge in [-0.1, -0.05) is 44.7 Å². The molecule has 5 heteroatoms. The number of nitrogens with one attached hydrogen (secondary N) is 1. The van der Waals surface area contributed by atoms with Crippen LogP contribution >= 0.6 is 0 Å². The molecule has 25 heavy (non-hydrogen) atoms. The number of rotatable bonds is 7. The van der Waals surface area contributed by atoms with Crippen molar-refractivity contribution in [3.8, 4) is 0 Å². The van der Waals surface area contributed by atoms with Gasteiger partial charge < -0.3 is 15.2 Å². The van der Waals surface area contributed by atoms with Crippen molar-refractivity contribution in [2.75, 3.05) is 5.32 Å². The lowest BCUT2D eigenvalue weighted by molar-refractivity contribution is -0.141. The fourth-order valence-electron chi connectivity index (χ4n) is 3.14. The van der Waals surface area contributed by atoms with E-state index >= 15 is 0 Å². The molecule has 1 aromatic carbocycles. The van der Waals surface area contributed by atoms with Crippen molar-refractivity contribution in [3.63, 3.8) is 0 Å². The third-order valence-electron chi connectivity index (χ3n) is 4.75. The number of benzene rings is 1. The lowest BCUT2D eigenvalue weighted by Crippen LogP contribution is -2.31. The number of ether oxygens (including phenoxy) is 1. The van der Waals surface area contributed by atoms with Gasteiger partial charge in [-0.25, -0.2) is 0 Å². The Bertz CT molecular complexity index is 562. The predicted octanol–water partition coefficient (Wildman–Crippen LogP) is 4.02. The Kier molecular flexibility index (Phi) is 7.44. The molecule has 1 saturated carbocycles. The summed E-state index contributed by atoms with van der Waals surface area (Å²) in [5.41, 5.74) is 1.64. The first-order valence-corrected chi connectivity index (χ1v) is 9.23. The molecule has 0 aliphatic heterocycles. The van der Waals surface area contributed by atoms with Gasteiger partial charge in [0.05, 0.1) is 12.0 Å². The van der Waals surface area contributed by atoms with E-state index in [2.05, 4.69) is 5.32 Å². The molecule has 1 aromatic rings. The summed E-state index contributed by atoms with van der Waals surface area (Å²) in [5, 5.41) is 11.8. The van der Waals surface area contributed by atoms with Gasteiger partial charge in [0.15, 0.2) is 0 Å². The highest BCUT2D eigenvalue weighted by Gasteiger charge is 2.20. The van der Waals surface area contributed by atoms with Crippen LogP contribution in [0.2, 0.25) is 0 Å². The third-order valence-corrected chi connectivity index (χ3v) is 4.75. The topological polar surface area (TPSA) is 75.6 Å². The highest BCUT2D eigenvalue weighted by atomic mass is 16.5. The predicted molar refractivity (Wildman–Crippen MR) is 97.6 cm³/mol. The van der Waals surface area contributed by atoms with Gasteiger partial charge in [-0.15, -0.1) is 0 Å². The van der Waals surface area contributed by atoms with E-state index in [-0.39, 0.29) is 12.0 Å². The Morgan fingerprint density at radius 2 is 1.72 bits per heavy atom. The molecular weight excluding hydrogens is 318 g/mol. The van der Waals surface area contributed by atoms with Crippen LogP contribution in [-0.4, -0.2) is 29.2 Å². The molecule has 0 heterocycles. The zero-order chi connectivity index (χ0) is 18.2. The Morgan fingerprint density at radius 3 is 2.28 bits per heavy atom. The van der Waals surface area contributed by atoms with Crippen molar-refractivity contribution in [2.24, 2.45) is 5.92 Å². The number of aliphatic carboxylic acids is 1. The van der Waals surface area contributed by atoms with Gasteiger partial charge in [-0.05, 0) is 43.9 Å². The summed E-state index contributed by atoms with van der Waals surface area (Å²) >= 11 is 0. The quantitative estimate of drug-likeness (QED) is 0.731. The summed E-state index contributed by atoms with van der Waals surface area (Å²) in [7, 11) is 0. The summed E-state index contributed by atoms with van der Waals surface area (Å²) in [6.45, 7) is 3.48. The first-order chi connectivity index (χ1) is 12.0. The first kappa shape index (κ1) is 19.4. The number of carboxylic acid groups (broad SMARTS) is 1. The zero-order valence-corrected chi connectivity index (χ0v) is 15.2. The van der Waals surface area contributed by atoms with Crippen LogP contribution in [-0.2, 0) is 20.7 Å². The van der Waals surface area contributed by atoms with Crippen molar-refractivity contribution in [3.05, 3.63) is 29.8 Å². The van der Waals surface area contributed by atoms with E-state index in [1.165, 1.54) is 25.7 Å². The summed E-state index contributed by atoms with van der Waals surface area (Å²) in [5.74, 6) is -1.37. The SMILES string of the molecule is CC(Cc1ccc(NC(=O)C(C)OC2CCCCCC2)cc1)C(=O)O. The molecule has 2 rings (SSSR count). The molecule has 5 nitrogen and oxygen atoms in total. The molecule has 1 aliphatic rings. The number of hydrogen-bond donors (Lipinski definition) is 2. The molecular formula is C20H29NO4. The molecule has 1 aliphatic carbocycles. The summed E-state index contributed by atoms with van der Waals surface area (Å²) in [4.78, 5) is 23.2. The number of carbonyl (C=O) groups is 2. The van der Waals surface area contributed by atoms with E-state index in [9.17, 15) is 9.59 Å². The average molecular weight is 347 g/mol. The maximum atomic E-state index is 12.3. The maximum absolute atomic E-state index is 12.3. The van der Waals surface area contributed by atoms with Crippen molar-refractivity contribution in [2.45, 2.75) is 71.0 Å². The molecule has 0 aromatic heterocycles. The van der Waals surface area contributed by atoms with Crippen LogP contribution in [0.15, 0.2) is 24.3 Å². The molecule has 2 atom stereocenters. The van der Waals surface area contributed by atoms with Gasteiger partial charge >= 0.3 is 5.97 Å². The fourth-order valence-corrected chi connectivity index (χ4v) is 3.14. The zero-order valence-electron chi connectivity index (χ0n) is 15.2. The Hall–Kier alpha value is -1.88. The molecule has 0 bridgehead atoms. The van der Waals surface area contributed by atoms with Gasteiger partial charge in [0.1, 0.15) is 6.10 Å². The number of hydrogen-bond acceptors (Lipinski definition) is 3. The second-order valence-corrected chi connectivity index (χ2v) is 7.02. The number of amides is 1. The summed E-state index contributed by atoms with van der Waals surface area (Å²) in [6, 6.07) is 7.32. The maximum Gasteiger partial charge on any atom is 0.306 e. The molecule has 2 unspecified atom stereocenters. The summed E-state index contributed by atoms with van der Waals surface area (Å²) < 4.78 is 5.93. The van der Waals surface area contributed by atoms with Crippen molar-refractivity contribution in [1.82, 2.24) is 0 Å². The van der Waals surface area contributed by atoms with Crippen molar-refractivity contribution in [1.29, 1.82) is 0 Å². The van der Waals surface area contributed by atoms with E-state index in [0.717, 1.165) is 18.4 Å². The summed E-state index contributed by atoms with van der Waals surface area (Å²) in [6.07, 6.45) is 7.12. The highest BCUT2D eigenvalue weighted by Crippen LogP contribution is 2.21. The van der Waals surface area contributed by atoms with Gasteiger partial charge in [0.25, 0.3) is 5.91 Å². The van der Waals surface area contributed by atoms with Gasteiger partial charge in [0.2, 0.25) is 0 Å². The second-order valence-electron chi connectivity index (χ2n) is 7.02. The number of anilines is 1. The third kappa shape index (κ3) is 6.50. The number of carbonyl (C=O) groups excluding carboxylic acids is 1. The molecule has 0 spiro atoms. The van der Waals surface area contributed by atoms with Crippen LogP contribution in [0.1, 0.15) is 57.9 Å². The van der Waals surface area contributed by atoms with Crippen LogP contribution in [0.5, 0.6) is 0 Å². The fraction of sp³-hybridized carbons (Fsp3) is 0.600. The second kappa shape index (κ2) is 9.56. The van der Waals surface area contributed by atoms with Gasteiger partial charge in [-0.3, -0.25) is 9.59 Å². The van der Waals surface area contributed by atoms with Gasteiger partial charge in [-0.2, -0.15) is 0 Å². The van der Waals surface area contributed by atoms with Crippen LogP contribution in [0.3, 0.4) is 0 Å². The average Bonchev–Trinajstić information content (AvgIpc) is 2.85. The molecule has 0 saturated heterocycles. The minimum atomic E-state index is -0.804. The lowest BCUT2D eigenvalue weighted by Gasteiger charge is -2.20. The van der Waals surface area contributed by atoms with Crippen molar-refractivity contribution >= 4 is 17.6 Å². The molecule has 1 fully saturated rings. The van der Waals surface area contributed by atoms with E-state index < -0.39 is 18.0 Å². The minimum absolute atomic E-state index is 0.143. The molecule has 1 amide bonds.